The maximum atomic E-state index is 12.7. The maximum Gasteiger partial charge on any atom is 0.257 e. The van der Waals surface area contributed by atoms with Gasteiger partial charge < -0.3 is 19.9 Å². The van der Waals surface area contributed by atoms with Gasteiger partial charge in [0.05, 0.1) is 6.10 Å². The highest BCUT2D eigenvalue weighted by molar-refractivity contribution is 6.04. The Balaban J connectivity index is 1.81. The van der Waals surface area contributed by atoms with E-state index in [1.807, 2.05) is 30.3 Å². The second-order valence-electron chi connectivity index (χ2n) is 6.86. The fourth-order valence-corrected chi connectivity index (χ4v) is 2.58. The first-order valence-electron chi connectivity index (χ1n) is 9.38. The quantitative estimate of drug-likeness (QED) is 0.611. The molecular weight excluding hydrogens is 370 g/mol. The first-order valence-corrected chi connectivity index (χ1v) is 9.38. The van der Waals surface area contributed by atoms with Gasteiger partial charge in [-0.15, -0.1) is 0 Å². The van der Waals surface area contributed by atoms with Crippen molar-refractivity contribution in [3.05, 3.63) is 71.9 Å². The molecule has 152 valence electrons. The standard InChI is InChI=1S/C22H25N3O4/c1-15(26)16(2)29-20-12-18(22(27)23-21-9-10-25(3)24-21)11-19(13-20)28-14-17-7-5-4-6-8-17/h4-13,15-16,26H,14H2,1-3H3,(H,23,24,27)/t15-,16-/m1/s1. The number of ether oxygens (including phenoxy) is 2. The van der Waals surface area contributed by atoms with E-state index in [1.165, 1.54) is 0 Å². The molecule has 0 fully saturated rings. The van der Waals surface area contributed by atoms with Gasteiger partial charge in [-0.3, -0.25) is 9.48 Å². The van der Waals surface area contributed by atoms with Gasteiger partial charge in [-0.2, -0.15) is 5.10 Å². The van der Waals surface area contributed by atoms with Crippen molar-refractivity contribution in [3.63, 3.8) is 0 Å². The first kappa shape index (κ1) is 20.4. The molecule has 1 aromatic heterocycles. The Morgan fingerprint density at radius 2 is 1.86 bits per heavy atom. The van der Waals surface area contributed by atoms with Gasteiger partial charge in [0.25, 0.3) is 5.91 Å². The second kappa shape index (κ2) is 9.25. The van der Waals surface area contributed by atoms with Crippen LogP contribution in [0.3, 0.4) is 0 Å². The van der Waals surface area contributed by atoms with Crippen LogP contribution in [-0.2, 0) is 13.7 Å². The number of amides is 1. The number of aliphatic hydroxyl groups is 1. The van der Waals surface area contributed by atoms with Gasteiger partial charge in [-0.1, -0.05) is 30.3 Å². The molecule has 0 saturated heterocycles. The zero-order valence-electron chi connectivity index (χ0n) is 16.7. The smallest absolute Gasteiger partial charge is 0.257 e. The number of nitrogens with zero attached hydrogens (tertiary/aromatic N) is 2. The molecule has 7 heteroatoms. The summed E-state index contributed by atoms with van der Waals surface area (Å²) in [5, 5.41) is 16.6. The molecule has 0 radical (unpaired) electrons. The molecule has 0 aliphatic rings. The van der Waals surface area contributed by atoms with Crippen molar-refractivity contribution in [1.29, 1.82) is 0 Å². The SMILES string of the molecule is C[C@@H](O)[C@@H](C)Oc1cc(OCc2ccccc2)cc(C(=O)Nc2ccn(C)n2)c1. The second-order valence-corrected chi connectivity index (χ2v) is 6.86. The largest absolute Gasteiger partial charge is 0.489 e. The van der Waals surface area contributed by atoms with E-state index in [1.54, 1.807) is 56.0 Å². The lowest BCUT2D eigenvalue weighted by Gasteiger charge is -2.18. The summed E-state index contributed by atoms with van der Waals surface area (Å²) >= 11 is 0. The minimum atomic E-state index is -0.658. The van der Waals surface area contributed by atoms with Gasteiger partial charge in [-0.25, -0.2) is 0 Å². The number of benzene rings is 2. The summed E-state index contributed by atoms with van der Waals surface area (Å²) in [7, 11) is 1.77. The topological polar surface area (TPSA) is 85.6 Å². The van der Waals surface area contributed by atoms with Crippen LogP contribution in [-0.4, -0.2) is 33.0 Å². The number of aryl methyl sites for hydroxylation is 1. The molecule has 0 aliphatic heterocycles. The minimum absolute atomic E-state index is 0.330. The van der Waals surface area contributed by atoms with Gasteiger partial charge in [-0.05, 0) is 31.5 Å². The summed E-state index contributed by atoms with van der Waals surface area (Å²) in [4.78, 5) is 12.7. The van der Waals surface area contributed by atoms with Gasteiger partial charge in [0.1, 0.15) is 24.2 Å². The van der Waals surface area contributed by atoms with E-state index in [0.29, 0.717) is 29.5 Å². The van der Waals surface area contributed by atoms with Crippen molar-refractivity contribution in [2.24, 2.45) is 7.05 Å². The Morgan fingerprint density at radius 3 is 2.52 bits per heavy atom. The fourth-order valence-electron chi connectivity index (χ4n) is 2.58. The maximum absolute atomic E-state index is 12.7. The van der Waals surface area contributed by atoms with Crippen molar-refractivity contribution in [3.8, 4) is 11.5 Å². The average Bonchev–Trinajstić information content (AvgIpc) is 3.11. The Bertz CT molecular complexity index is 954. The summed E-state index contributed by atoms with van der Waals surface area (Å²) in [6, 6.07) is 16.4. The van der Waals surface area contributed by atoms with Crippen LogP contribution in [0, 0.1) is 0 Å². The predicted octanol–water partition coefficient (Wildman–Crippen LogP) is 3.40. The molecule has 0 unspecified atom stereocenters. The highest BCUT2D eigenvalue weighted by Gasteiger charge is 2.15. The molecule has 1 amide bonds. The zero-order valence-corrected chi connectivity index (χ0v) is 16.7. The number of aliphatic hydroxyl groups excluding tert-OH is 1. The van der Waals surface area contributed by atoms with Crippen molar-refractivity contribution >= 4 is 11.7 Å². The highest BCUT2D eigenvalue weighted by atomic mass is 16.5. The van der Waals surface area contributed by atoms with Crippen LogP contribution in [0.15, 0.2) is 60.8 Å². The lowest BCUT2D eigenvalue weighted by molar-refractivity contribution is 0.0602. The van der Waals surface area contributed by atoms with Gasteiger partial charge in [0.15, 0.2) is 5.82 Å². The number of rotatable bonds is 8. The molecule has 2 N–H and O–H groups in total. The van der Waals surface area contributed by atoms with Crippen LogP contribution < -0.4 is 14.8 Å². The molecule has 3 aromatic rings. The van der Waals surface area contributed by atoms with E-state index < -0.39 is 12.2 Å². The van der Waals surface area contributed by atoms with Crippen molar-refractivity contribution in [2.75, 3.05) is 5.32 Å². The lowest BCUT2D eigenvalue weighted by atomic mass is 10.1. The highest BCUT2D eigenvalue weighted by Crippen LogP contribution is 2.26. The number of aromatic nitrogens is 2. The number of carbonyl (C=O) groups is 1. The summed E-state index contributed by atoms with van der Waals surface area (Å²) < 4.78 is 13.3. The molecule has 1 heterocycles. The summed E-state index contributed by atoms with van der Waals surface area (Å²) in [6.45, 7) is 3.77. The minimum Gasteiger partial charge on any atom is -0.489 e. The Hall–Kier alpha value is -3.32. The number of carbonyl (C=O) groups excluding carboxylic acids is 1. The third-order valence-corrected chi connectivity index (χ3v) is 4.35. The van der Waals surface area contributed by atoms with Crippen LogP contribution >= 0.6 is 0 Å². The van der Waals surface area contributed by atoms with Crippen LogP contribution in [0.25, 0.3) is 0 Å². The van der Waals surface area contributed by atoms with Crippen molar-refractivity contribution in [1.82, 2.24) is 9.78 Å². The average molecular weight is 395 g/mol. The number of hydrogen-bond donors (Lipinski definition) is 2. The Kier molecular flexibility index (Phi) is 6.51. The summed E-state index contributed by atoms with van der Waals surface area (Å²) in [5.74, 6) is 1.06. The van der Waals surface area contributed by atoms with Gasteiger partial charge in [0, 0.05) is 30.9 Å². The molecule has 0 aliphatic carbocycles. The zero-order chi connectivity index (χ0) is 20.8. The van der Waals surface area contributed by atoms with Crippen LogP contribution in [0.2, 0.25) is 0 Å². The Labute approximate surface area is 169 Å². The predicted molar refractivity (Wildman–Crippen MR) is 110 cm³/mol. The molecular formula is C22H25N3O4. The fraction of sp³-hybridized carbons (Fsp3) is 0.273. The van der Waals surface area contributed by atoms with Crippen molar-refractivity contribution in [2.45, 2.75) is 32.7 Å². The van der Waals surface area contributed by atoms with Gasteiger partial charge in [0.2, 0.25) is 0 Å². The van der Waals surface area contributed by atoms with E-state index in [-0.39, 0.29) is 5.91 Å². The third-order valence-electron chi connectivity index (χ3n) is 4.35. The lowest BCUT2D eigenvalue weighted by Crippen LogP contribution is -2.25. The first-order chi connectivity index (χ1) is 13.9. The number of anilines is 1. The van der Waals surface area contributed by atoms with Crippen LogP contribution in [0.4, 0.5) is 5.82 Å². The Morgan fingerprint density at radius 1 is 1.14 bits per heavy atom. The molecule has 0 saturated carbocycles. The van der Waals surface area contributed by atoms with Crippen LogP contribution in [0.1, 0.15) is 29.8 Å². The van der Waals surface area contributed by atoms with E-state index in [9.17, 15) is 9.90 Å². The molecule has 3 rings (SSSR count). The monoisotopic (exact) mass is 395 g/mol. The molecule has 2 atom stereocenters. The molecule has 2 aromatic carbocycles. The summed E-state index contributed by atoms with van der Waals surface area (Å²) in [5.41, 5.74) is 1.38. The van der Waals surface area contributed by atoms with Gasteiger partial charge >= 0.3 is 0 Å². The van der Waals surface area contributed by atoms with E-state index >= 15 is 0 Å². The van der Waals surface area contributed by atoms with Crippen LogP contribution in [0.5, 0.6) is 11.5 Å². The van der Waals surface area contributed by atoms with E-state index in [0.717, 1.165) is 5.56 Å². The normalized spacial score (nSPS) is 12.8. The molecule has 0 spiro atoms. The summed E-state index contributed by atoms with van der Waals surface area (Å²) in [6.07, 6.45) is 0.647. The molecule has 0 bridgehead atoms. The van der Waals surface area contributed by atoms with E-state index in [2.05, 4.69) is 10.4 Å². The number of nitrogens with one attached hydrogen (secondary N) is 1. The number of hydrogen-bond acceptors (Lipinski definition) is 5. The third kappa shape index (κ3) is 5.83. The molecule has 29 heavy (non-hydrogen) atoms. The molecule has 7 nitrogen and oxygen atoms in total. The van der Waals surface area contributed by atoms with E-state index in [4.69, 9.17) is 9.47 Å². The van der Waals surface area contributed by atoms with Crippen molar-refractivity contribution < 1.29 is 19.4 Å².